The molecule has 4 nitrogen and oxygen atoms in total. The molecule has 1 aromatic carbocycles. The van der Waals surface area contributed by atoms with Crippen molar-refractivity contribution in [3.05, 3.63) is 29.5 Å². The van der Waals surface area contributed by atoms with Gasteiger partial charge in [0.25, 0.3) is 5.91 Å². The van der Waals surface area contributed by atoms with Crippen molar-refractivity contribution in [3.63, 3.8) is 0 Å². The van der Waals surface area contributed by atoms with Crippen LogP contribution in [0, 0.1) is 6.92 Å². The molecule has 0 aliphatic heterocycles. The minimum atomic E-state index is -0.193. The fraction of sp³-hybridized carbons (Fsp3) is 0.250. The van der Waals surface area contributed by atoms with Gasteiger partial charge < -0.3 is 15.0 Å². The van der Waals surface area contributed by atoms with Gasteiger partial charge in [-0.1, -0.05) is 0 Å². The highest BCUT2D eigenvalue weighted by molar-refractivity contribution is 6.07. The molecule has 84 valence electrons. The van der Waals surface area contributed by atoms with Crippen LogP contribution in [0.4, 0.5) is 0 Å². The van der Waals surface area contributed by atoms with Crippen molar-refractivity contribution < 1.29 is 9.90 Å². The zero-order valence-electron chi connectivity index (χ0n) is 9.53. The average molecular weight is 218 g/mol. The topological polar surface area (TPSA) is 54.3 Å². The van der Waals surface area contributed by atoms with E-state index < -0.39 is 0 Å². The zero-order valence-corrected chi connectivity index (χ0v) is 9.53. The fourth-order valence-electron chi connectivity index (χ4n) is 2.03. The van der Waals surface area contributed by atoms with Gasteiger partial charge >= 0.3 is 0 Å². The number of hydrogen-bond donors (Lipinski definition) is 2. The van der Waals surface area contributed by atoms with Crippen molar-refractivity contribution in [2.75, 3.05) is 7.05 Å². The van der Waals surface area contributed by atoms with Crippen LogP contribution in [0.25, 0.3) is 10.9 Å². The maximum absolute atomic E-state index is 11.7. The second-order valence-electron chi connectivity index (χ2n) is 3.89. The number of carbonyl (C=O) groups is 1. The van der Waals surface area contributed by atoms with Crippen LogP contribution in [0.1, 0.15) is 15.9 Å². The third-order valence-corrected chi connectivity index (χ3v) is 2.73. The molecule has 1 heterocycles. The van der Waals surface area contributed by atoms with Crippen LogP contribution in [-0.2, 0) is 7.05 Å². The molecule has 0 atom stereocenters. The van der Waals surface area contributed by atoms with Gasteiger partial charge in [0.15, 0.2) is 0 Å². The summed E-state index contributed by atoms with van der Waals surface area (Å²) in [5, 5.41) is 13.1. The maximum Gasteiger partial charge on any atom is 0.253 e. The minimum absolute atomic E-state index is 0.111. The van der Waals surface area contributed by atoms with E-state index in [1.54, 1.807) is 13.1 Å². The van der Waals surface area contributed by atoms with Crippen molar-refractivity contribution in [3.8, 4) is 5.75 Å². The molecule has 0 radical (unpaired) electrons. The highest BCUT2D eigenvalue weighted by atomic mass is 16.3. The Balaban J connectivity index is 2.86. The first-order valence-electron chi connectivity index (χ1n) is 5.05. The number of rotatable bonds is 1. The van der Waals surface area contributed by atoms with Crippen LogP contribution in [0.15, 0.2) is 18.3 Å². The summed E-state index contributed by atoms with van der Waals surface area (Å²) in [7, 11) is 3.47. The summed E-state index contributed by atoms with van der Waals surface area (Å²) in [5.41, 5.74) is 2.38. The third kappa shape index (κ3) is 1.43. The van der Waals surface area contributed by atoms with E-state index in [-0.39, 0.29) is 11.7 Å². The molecule has 0 aliphatic carbocycles. The SMILES string of the molecule is CNC(=O)c1cc(O)cc2c(C)cn(C)c12. The largest absolute Gasteiger partial charge is 0.508 e. The normalized spacial score (nSPS) is 10.7. The van der Waals surface area contributed by atoms with E-state index in [0.717, 1.165) is 16.5 Å². The molecular formula is C12H14N2O2. The Bertz CT molecular complexity index is 570. The molecule has 2 N–H and O–H groups in total. The molecule has 0 bridgehead atoms. The van der Waals surface area contributed by atoms with E-state index in [4.69, 9.17) is 0 Å². The lowest BCUT2D eigenvalue weighted by molar-refractivity contribution is 0.0964. The summed E-state index contributed by atoms with van der Waals surface area (Å²) in [5.74, 6) is -0.0810. The predicted molar refractivity (Wildman–Crippen MR) is 62.7 cm³/mol. The number of nitrogens with zero attached hydrogens (tertiary/aromatic N) is 1. The van der Waals surface area contributed by atoms with Crippen molar-refractivity contribution in [1.29, 1.82) is 0 Å². The highest BCUT2D eigenvalue weighted by Gasteiger charge is 2.14. The second kappa shape index (κ2) is 3.56. The van der Waals surface area contributed by atoms with Crippen molar-refractivity contribution in [1.82, 2.24) is 9.88 Å². The number of phenolic OH excluding ortho intramolecular Hbond substituents is 1. The van der Waals surface area contributed by atoms with E-state index in [2.05, 4.69) is 5.32 Å². The smallest absolute Gasteiger partial charge is 0.253 e. The standard InChI is InChI=1S/C12H14N2O2/c1-7-6-14(3)11-9(7)4-8(15)5-10(11)12(16)13-2/h4-6,15H,1-3H3,(H,13,16). The molecule has 2 aromatic rings. The lowest BCUT2D eigenvalue weighted by Gasteiger charge is -2.06. The Morgan fingerprint density at radius 3 is 2.75 bits per heavy atom. The van der Waals surface area contributed by atoms with Gasteiger partial charge in [-0.25, -0.2) is 0 Å². The maximum atomic E-state index is 11.7. The number of carbonyl (C=O) groups excluding carboxylic acids is 1. The number of hydrogen-bond acceptors (Lipinski definition) is 2. The summed E-state index contributed by atoms with van der Waals surface area (Å²) in [6.07, 6.45) is 1.94. The summed E-state index contributed by atoms with van der Waals surface area (Å²) in [6.45, 7) is 1.95. The molecule has 0 spiro atoms. The van der Waals surface area contributed by atoms with Crippen LogP contribution < -0.4 is 5.32 Å². The number of phenols is 1. The van der Waals surface area contributed by atoms with Crippen LogP contribution in [0.3, 0.4) is 0 Å². The summed E-state index contributed by atoms with van der Waals surface area (Å²) in [6, 6.07) is 3.16. The Kier molecular flexibility index (Phi) is 2.34. The average Bonchev–Trinajstić information content (AvgIpc) is 2.52. The number of aromatic nitrogens is 1. The first-order valence-corrected chi connectivity index (χ1v) is 5.05. The van der Waals surface area contributed by atoms with Gasteiger partial charge in [0.1, 0.15) is 5.75 Å². The molecule has 0 fully saturated rings. The lowest BCUT2D eigenvalue weighted by atomic mass is 10.1. The number of aryl methyl sites for hydroxylation is 2. The molecule has 0 saturated carbocycles. The second-order valence-corrected chi connectivity index (χ2v) is 3.89. The Morgan fingerprint density at radius 2 is 2.12 bits per heavy atom. The molecule has 4 heteroatoms. The number of fused-ring (bicyclic) bond motifs is 1. The van der Waals surface area contributed by atoms with Crippen LogP contribution in [0.5, 0.6) is 5.75 Å². The lowest BCUT2D eigenvalue weighted by Crippen LogP contribution is -2.18. The van der Waals surface area contributed by atoms with E-state index in [1.807, 2.05) is 24.7 Å². The number of aromatic hydroxyl groups is 1. The first kappa shape index (κ1) is 10.5. The first-order chi connectivity index (χ1) is 7.54. The molecule has 0 saturated heterocycles. The minimum Gasteiger partial charge on any atom is -0.508 e. The molecule has 2 rings (SSSR count). The Morgan fingerprint density at radius 1 is 1.44 bits per heavy atom. The Hall–Kier alpha value is -1.97. The van der Waals surface area contributed by atoms with Crippen molar-refractivity contribution in [2.24, 2.45) is 7.05 Å². The van der Waals surface area contributed by atoms with Gasteiger partial charge in [0.05, 0.1) is 11.1 Å². The molecule has 0 unspecified atom stereocenters. The number of amides is 1. The molecular weight excluding hydrogens is 204 g/mol. The summed E-state index contributed by atoms with van der Waals surface area (Å²) in [4.78, 5) is 11.7. The van der Waals surface area contributed by atoms with Crippen molar-refractivity contribution >= 4 is 16.8 Å². The van der Waals surface area contributed by atoms with E-state index in [1.165, 1.54) is 6.07 Å². The summed E-state index contributed by atoms with van der Waals surface area (Å²) < 4.78 is 1.90. The molecule has 1 aromatic heterocycles. The van der Waals surface area contributed by atoms with E-state index >= 15 is 0 Å². The van der Waals surface area contributed by atoms with Gasteiger partial charge in [0, 0.05) is 25.7 Å². The van der Waals surface area contributed by atoms with E-state index in [9.17, 15) is 9.90 Å². The predicted octanol–water partition coefficient (Wildman–Crippen LogP) is 1.55. The molecule has 1 amide bonds. The van der Waals surface area contributed by atoms with Gasteiger partial charge in [-0.2, -0.15) is 0 Å². The van der Waals surface area contributed by atoms with Gasteiger partial charge in [0.2, 0.25) is 0 Å². The molecule has 0 aliphatic rings. The Labute approximate surface area is 93.5 Å². The van der Waals surface area contributed by atoms with Gasteiger partial charge in [-0.05, 0) is 24.6 Å². The van der Waals surface area contributed by atoms with Crippen LogP contribution in [-0.4, -0.2) is 22.6 Å². The van der Waals surface area contributed by atoms with Crippen LogP contribution in [0.2, 0.25) is 0 Å². The highest BCUT2D eigenvalue weighted by Crippen LogP contribution is 2.28. The van der Waals surface area contributed by atoms with Crippen molar-refractivity contribution in [2.45, 2.75) is 6.92 Å². The van der Waals surface area contributed by atoms with Crippen LogP contribution >= 0.6 is 0 Å². The monoisotopic (exact) mass is 218 g/mol. The third-order valence-electron chi connectivity index (χ3n) is 2.73. The number of nitrogens with one attached hydrogen (secondary N) is 1. The summed E-state index contributed by atoms with van der Waals surface area (Å²) >= 11 is 0. The quantitative estimate of drug-likeness (QED) is 0.763. The van der Waals surface area contributed by atoms with Gasteiger partial charge in [-0.15, -0.1) is 0 Å². The number of benzene rings is 1. The van der Waals surface area contributed by atoms with Gasteiger partial charge in [-0.3, -0.25) is 4.79 Å². The van der Waals surface area contributed by atoms with E-state index in [0.29, 0.717) is 5.56 Å². The fourth-order valence-corrected chi connectivity index (χ4v) is 2.03. The molecule has 16 heavy (non-hydrogen) atoms. The zero-order chi connectivity index (χ0) is 11.9.